The molecule has 0 spiro atoms. The molecule has 1 saturated heterocycles. The van der Waals surface area contributed by atoms with Crippen molar-refractivity contribution in [1.29, 1.82) is 0 Å². The van der Waals surface area contributed by atoms with Crippen LogP contribution in [-0.2, 0) is 19.0 Å². The van der Waals surface area contributed by atoms with E-state index in [0.29, 0.717) is 43.5 Å². The maximum Gasteiger partial charge on any atom is 0.416 e. The van der Waals surface area contributed by atoms with Gasteiger partial charge in [0.25, 0.3) is 5.78 Å². The third-order valence-corrected chi connectivity index (χ3v) is 6.63. The molecule has 9 heteroatoms. The molecule has 6 rings (SSSR count). The Bertz CT molecular complexity index is 1340. The van der Waals surface area contributed by atoms with Crippen LogP contribution < -0.4 is 9.80 Å². The van der Waals surface area contributed by atoms with Crippen LogP contribution in [0.1, 0.15) is 23.2 Å². The van der Waals surface area contributed by atoms with Crippen LogP contribution in [0, 0.1) is 0 Å². The second-order valence-electron chi connectivity index (χ2n) is 8.75. The Morgan fingerprint density at radius 3 is 2.32 bits per heavy atom. The van der Waals surface area contributed by atoms with E-state index in [4.69, 9.17) is 15.1 Å². The standard InChI is InChI=1S/C25H23F3N6/c26-25(27,28)18-8-4-9-19(16-18)32-12-14-33(15-13-32)23-20-10-5-11-21(20)29-24-30-22(31-34(23)24)17-6-2-1-3-7-17/h1-4,6-9,16H,5,10-15H2. The Labute approximate surface area is 194 Å². The summed E-state index contributed by atoms with van der Waals surface area (Å²) < 4.78 is 41.4. The number of aromatic nitrogens is 4. The zero-order chi connectivity index (χ0) is 23.3. The summed E-state index contributed by atoms with van der Waals surface area (Å²) in [5, 5.41) is 4.81. The smallest absolute Gasteiger partial charge is 0.368 e. The summed E-state index contributed by atoms with van der Waals surface area (Å²) in [5.41, 5.74) is 3.22. The van der Waals surface area contributed by atoms with Crippen molar-refractivity contribution in [1.82, 2.24) is 19.6 Å². The van der Waals surface area contributed by atoms with Gasteiger partial charge >= 0.3 is 6.18 Å². The molecule has 1 aliphatic heterocycles. The van der Waals surface area contributed by atoms with Crippen LogP contribution in [0.25, 0.3) is 17.2 Å². The van der Waals surface area contributed by atoms with E-state index in [1.807, 2.05) is 39.7 Å². The number of hydrogen-bond acceptors (Lipinski definition) is 5. The van der Waals surface area contributed by atoms with Gasteiger partial charge in [-0.3, -0.25) is 0 Å². The number of alkyl halides is 3. The summed E-state index contributed by atoms with van der Waals surface area (Å²) in [7, 11) is 0. The number of rotatable bonds is 3. The van der Waals surface area contributed by atoms with E-state index in [1.54, 1.807) is 6.07 Å². The number of halogens is 3. The molecule has 174 valence electrons. The minimum absolute atomic E-state index is 0.592. The molecule has 0 saturated carbocycles. The molecule has 34 heavy (non-hydrogen) atoms. The highest BCUT2D eigenvalue weighted by Crippen LogP contribution is 2.34. The highest BCUT2D eigenvalue weighted by Gasteiger charge is 2.32. The van der Waals surface area contributed by atoms with Crippen LogP contribution in [0.5, 0.6) is 0 Å². The lowest BCUT2D eigenvalue weighted by Crippen LogP contribution is -2.47. The van der Waals surface area contributed by atoms with Crippen LogP contribution in [0.15, 0.2) is 54.6 Å². The van der Waals surface area contributed by atoms with Gasteiger partial charge < -0.3 is 9.80 Å². The van der Waals surface area contributed by atoms with Gasteiger partial charge in [-0.25, -0.2) is 4.98 Å². The Hall–Kier alpha value is -3.62. The van der Waals surface area contributed by atoms with Crippen LogP contribution in [0.2, 0.25) is 0 Å². The molecule has 0 amide bonds. The van der Waals surface area contributed by atoms with Crippen molar-refractivity contribution in [2.45, 2.75) is 25.4 Å². The van der Waals surface area contributed by atoms with E-state index in [0.717, 1.165) is 42.4 Å². The van der Waals surface area contributed by atoms with Crippen molar-refractivity contribution in [3.8, 4) is 11.4 Å². The summed E-state index contributed by atoms with van der Waals surface area (Å²) in [6, 6.07) is 15.4. The number of aryl methyl sites for hydroxylation is 1. The average molecular weight is 464 g/mol. The first kappa shape index (κ1) is 20.9. The van der Waals surface area contributed by atoms with E-state index in [1.165, 1.54) is 17.7 Å². The van der Waals surface area contributed by atoms with Crippen molar-refractivity contribution < 1.29 is 13.2 Å². The van der Waals surface area contributed by atoms with Gasteiger partial charge in [-0.1, -0.05) is 36.4 Å². The van der Waals surface area contributed by atoms with Gasteiger partial charge in [-0.2, -0.15) is 22.7 Å². The van der Waals surface area contributed by atoms with Crippen molar-refractivity contribution >= 4 is 17.3 Å². The third kappa shape index (κ3) is 3.65. The Morgan fingerprint density at radius 1 is 0.794 bits per heavy atom. The number of hydrogen-bond donors (Lipinski definition) is 0. The molecule has 1 aliphatic carbocycles. The van der Waals surface area contributed by atoms with Gasteiger partial charge in [-0.15, -0.1) is 5.10 Å². The van der Waals surface area contributed by atoms with Gasteiger partial charge in [0.2, 0.25) is 0 Å². The molecule has 2 aliphatic rings. The number of fused-ring (bicyclic) bond motifs is 2. The highest BCUT2D eigenvalue weighted by molar-refractivity contribution is 5.62. The van der Waals surface area contributed by atoms with Gasteiger partial charge in [0.05, 0.1) is 11.3 Å². The summed E-state index contributed by atoms with van der Waals surface area (Å²) in [5.74, 6) is 2.26. The third-order valence-electron chi connectivity index (χ3n) is 6.63. The summed E-state index contributed by atoms with van der Waals surface area (Å²) in [4.78, 5) is 13.8. The van der Waals surface area contributed by atoms with Crippen LogP contribution in [0.4, 0.5) is 24.7 Å². The summed E-state index contributed by atoms with van der Waals surface area (Å²) in [6.07, 6.45) is -1.42. The van der Waals surface area contributed by atoms with E-state index in [9.17, 15) is 13.2 Å². The Kier molecular flexibility index (Phi) is 4.93. The van der Waals surface area contributed by atoms with Gasteiger partial charge in [0.15, 0.2) is 5.82 Å². The summed E-state index contributed by atoms with van der Waals surface area (Å²) >= 11 is 0. The van der Waals surface area contributed by atoms with Crippen LogP contribution in [0.3, 0.4) is 0 Å². The fraction of sp³-hybridized carbons (Fsp3) is 0.320. The maximum atomic E-state index is 13.2. The lowest BCUT2D eigenvalue weighted by Gasteiger charge is -2.38. The minimum atomic E-state index is -4.34. The summed E-state index contributed by atoms with van der Waals surface area (Å²) in [6.45, 7) is 2.62. The largest absolute Gasteiger partial charge is 0.416 e. The molecule has 0 unspecified atom stereocenters. The number of nitrogens with zero attached hydrogens (tertiary/aromatic N) is 6. The van der Waals surface area contributed by atoms with Crippen LogP contribution >= 0.6 is 0 Å². The fourth-order valence-corrected chi connectivity index (χ4v) is 4.95. The molecule has 2 aromatic carbocycles. The SMILES string of the molecule is FC(F)(F)c1cccc(N2CCN(c3c4c(nc5nc(-c6ccccc6)nn35)CCC4)CC2)c1. The first-order valence-corrected chi connectivity index (χ1v) is 11.5. The van der Waals surface area contributed by atoms with Crippen molar-refractivity contribution in [2.75, 3.05) is 36.0 Å². The van der Waals surface area contributed by atoms with E-state index in [-0.39, 0.29) is 0 Å². The lowest BCUT2D eigenvalue weighted by molar-refractivity contribution is -0.137. The minimum Gasteiger partial charge on any atom is -0.368 e. The first-order chi connectivity index (χ1) is 16.5. The van der Waals surface area contributed by atoms with Crippen molar-refractivity contribution in [2.24, 2.45) is 0 Å². The number of piperazine rings is 1. The molecular weight excluding hydrogens is 441 g/mol. The van der Waals surface area contributed by atoms with Crippen LogP contribution in [-0.4, -0.2) is 45.8 Å². The fourth-order valence-electron chi connectivity index (χ4n) is 4.95. The van der Waals surface area contributed by atoms with Gasteiger partial charge in [0, 0.05) is 43.0 Å². The predicted molar refractivity (Wildman–Crippen MR) is 124 cm³/mol. The molecule has 1 fully saturated rings. The molecule has 0 radical (unpaired) electrons. The predicted octanol–water partition coefficient (Wildman–Crippen LogP) is 4.63. The normalized spacial score (nSPS) is 16.3. The molecule has 0 N–H and O–H groups in total. The zero-order valence-corrected chi connectivity index (χ0v) is 18.5. The number of anilines is 2. The Morgan fingerprint density at radius 2 is 1.56 bits per heavy atom. The maximum absolute atomic E-state index is 13.2. The molecule has 0 atom stereocenters. The lowest BCUT2D eigenvalue weighted by atomic mass is 10.1. The van der Waals surface area contributed by atoms with E-state index >= 15 is 0 Å². The topological polar surface area (TPSA) is 49.6 Å². The highest BCUT2D eigenvalue weighted by atomic mass is 19.4. The van der Waals surface area contributed by atoms with E-state index < -0.39 is 11.7 Å². The van der Waals surface area contributed by atoms with Gasteiger partial charge in [0.1, 0.15) is 5.82 Å². The molecule has 6 nitrogen and oxygen atoms in total. The quantitative estimate of drug-likeness (QED) is 0.443. The molecule has 0 bridgehead atoms. The Balaban J connectivity index is 1.32. The average Bonchev–Trinajstić information content (AvgIpc) is 3.49. The number of benzene rings is 2. The second kappa shape index (κ2) is 8.00. The molecule has 2 aromatic heterocycles. The van der Waals surface area contributed by atoms with Crippen molar-refractivity contribution in [3.63, 3.8) is 0 Å². The van der Waals surface area contributed by atoms with Gasteiger partial charge in [-0.05, 0) is 37.5 Å². The van der Waals surface area contributed by atoms with E-state index in [2.05, 4.69) is 4.90 Å². The molecule has 4 aromatic rings. The second-order valence-corrected chi connectivity index (χ2v) is 8.75. The zero-order valence-electron chi connectivity index (χ0n) is 18.5. The molecular formula is C25H23F3N6. The first-order valence-electron chi connectivity index (χ1n) is 11.5. The van der Waals surface area contributed by atoms with Crippen molar-refractivity contribution in [3.05, 3.63) is 71.4 Å². The monoisotopic (exact) mass is 464 g/mol. The molecule has 3 heterocycles.